The molecule has 0 atom stereocenters. The minimum absolute atomic E-state index is 0.0689. The fourth-order valence-electron chi connectivity index (χ4n) is 0.726. The zero-order valence-electron chi connectivity index (χ0n) is 6.56. The molecule has 0 aliphatic carbocycles. The van der Waals surface area contributed by atoms with E-state index in [1.807, 2.05) is 18.2 Å². The van der Waals surface area contributed by atoms with E-state index in [-0.39, 0.29) is 12.4 Å². The van der Waals surface area contributed by atoms with Crippen molar-refractivity contribution in [1.29, 1.82) is 0 Å². The second-order valence-electron chi connectivity index (χ2n) is 2.30. The molecule has 0 unspecified atom stereocenters. The zero-order valence-corrected chi connectivity index (χ0v) is 6.56. The van der Waals surface area contributed by atoms with Crippen LogP contribution in [0.2, 0.25) is 0 Å². The summed E-state index contributed by atoms with van der Waals surface area (Å²) in [7, 11) is 0. The van der Waals surface area contributed by atoms with E-state index in [0.717, 1.165) is 0 Å². The molecule has 1 rings (SSSR count). The Bertz CT molecular complexity index is 243. The number of ketones is 1. The number of hydrogen-bond acceptors (Lipinski definition) is 3. The molecule has 1 aromatic carbocycles. The molecule has 0 amide bonds. The summed E-state index contributed by atoms with van der Waals surface area (Å²) in [6, 6.07) is 9.01. The summed E-state index contributed by atoms with van der Waals surface area (Å²) in [4.78, 5) is 10.6. The average Bonchev–Trinajstić information content (AvgIpc) is 2.16. The highest BCUT2D eigenvalue weighted by Gasteiger charge is 1.99. The molecule has 0 aliphatic rings. The standard InChI is InChI=1S/C9H10O3/c10-6-8(11)7-12-9-4-2-1-3-5-9/h1-5,10H,6-7H2. The van der Waals surface area contributed by atoms with Crippen LogP contribution in [-0.2, 0) is 4.79 Å². The lowest BCUT2D eigenvalue weighted by molar-refractivity contribution is -0.123. The van der Waals surface area contributed by atoms with Crippen LogP contribution in [0, 0.1) is 0 Å². The molecular formula is C9H10O3. The molecule has 0 aliphatic heterocycles. The molecule has 0 heterocycles. The summed E-state index contributed by atoms with van der Waals surface area (Å²) in [6.07, 6.45) is 0. The van der Waals surface area contributed by atoms with E-state index in [4.69, 9.17) is 9.84 Å². The van der Waals surface area contributed by atoms with Crippen molar-refractivity contribution in [2.24, 2.45) is 0 Å². The first-order chi connectivity index (χ1) is 5.83. The van der Waals surface area contributed by atoms with Gasteiger partial charge >= 0.3 is 0 Å². The SMILES string of the molecule is O=C(CO)COc1ccccc1. The number of carbonyl (C=O) groups excluding carboxylic acids is 1. The van der Waals surface area contributed by atoms with E-state index in [0.29, 0.717) is 5.75 Å². The van der Waals surface area contributed by atoms with E-state index < -0.39 is 6.61 Å². The first-order valence-corrected chi connectivity index (χ1v) is 3.63. The van der Waals surface area contributed by atoms with Gasteiger partial charge in [0, 0.05) is 0 Å². The van der Waals surface area contributed by atoms with Gasteiger partial charge in [-0.2, -0.15) is 0 Å². The van der Waals surface area contributed by atoms with Crippen molar-refractivity contribution in [3.8, 4) is 5.75 Å². The predicted octanol–water partition coefficient (Wildman–Crippen LogP) is 0.627. The summed E-state index contributed by atoms with van der Waals surface area (Å²) in [5.41, 5.74) is 0. The van der Waals surface area contributed by atoms with Gasteiger partial charge in [0.05, 0.1) is 0 Å². The van der Waals surface area contributed by atoms with Crippen molar-refractivity contribution in [3.63, 3.8) is 0 Å². The first-order valence-electron chi connectivity index (χ1n) is 3.63. The van der Waals surface area contributed by atoms with Gasteiger partial charge in [-0.25, -0.2) is 0 Å². The van der Waals surface area contributed by atoms with Crippen molar-refractivity contribution in [3.05, 3.63) is 30.3 Å². The summed E-state index contributed by atoms with van der Waals surface area (Å²) < 4.78 is 5.05. The first kappa shape index (κ1) is 8.74. The lowest BCUT2D eigenvalue weighted by Crippen LogP contribution is -2.14. The number of para-hydroxylation sites is 1. The Kier molecular flexibility index (Phi) is 3.29. The maximum Gasteiger partial charge on any atom is 0.195 e. The molecule has 1 aromatic rings. The van der Waals surface area contributed by atoms with E-state index >= 15 is 0 Å². The largest absolute Gasteiger partial charge is 0.486 e. The Balaban J connectivity index is 2.38. The molecule has 64 valence electrons. The van der Waals surface area contributed by atoms with Crippen LogP contribution < -0.4 is 4.74 Å². The Morgan fingerprint density at radius 1 is 1.33 bits per heavy atom. The molecule has 0 spiro atoms. The number of benzene rings is 1. The van der Waals surface area contributed by atoms with Crippen LogP contribution in [0.4, 0.5) is 0 Å². The number of aliphatic hydroxyl groups is 1. The fraction of sp³-hybridized carbons (Fsp3) is 0.222. The van der Waals surface area contributed by atoms with Crippen LogP contribution >= 0.6 is 0 Å². The number of carbonyl (C=O) groups is 1. The van der Waals surface area contributed by atoms with Gasteiger partial charge in [0.15, 0.2) is 5.78 Å². The molecule has 0 bridgehead atoms. The molecule has 0 saturated heterocycles. The second-order valence-corrected chi connectivity index (χ2v) is 2.30. The zero-order chi connectivity index (χ0) is 8.81. The monoisotopic (exact) mass is 166 g/mol. The lowest BCUT2D eigenvalue weighted by atomic mass is 10.3. The maximum absolute atomic E-state index is 10.6. The smallest absolute Gasteiger partial charge is 0.195 e. The molecule has 0 radical (unpaired) electrons. The van der Waals surface area contributed by atoms with Crippen LogP contribution in [0.25, 0.3) is 0 Å². The number of ether oxygens (including phenoxy) is 1. The molecule has 12 heavy (non-hydrogen) atoms. The van der Waals surface area contributed by atoms with Gasteiger partial charge in [-0.1, -0.05) is 18.2 Å². The number of hydrogen-bond donors (Lipinski definition) is 1. The second kappa shape index (κ2) is 4.51. The van der Waals surface area contributed by atoms with Gasteiger partial charge in [-0.05, 0) is 12.1 Å². The van der Waals surface area contributed by atoms with Gasteiger partial charge in [0.25, 0.3) is 0 Å². The Hall–Kier alpha value is -1.35. The Morgan fingerprint density at radius 3 is 2.58 bits per heavy atom. The van der Waals surface area contributed by atoms with Crippen molar-refractivity contribution in [2.75, 3.05) is 13.2 Å². The van der Waals surface area contributed by atoms with E-state index in [1.54, 1.807) is 12.1 Å². The van der Waals surface area contributed by atoms with Crippen LogP contribution in [0.1, 0.15) is 0 Å². The lowest BCUT2D eigenvalue weighted by Gasteiger charge is -2.02. The summed E-state index contributed by atoms with van der Waals surface area (Å²) >= 11 is 0. The highest BCUT2D eigenvalue weighted by atomic mass is 16.5. The molecule has 0 aromatic heterocycles. The van der Waals surface area contributed by atoms with Crippen molar-refractivity contribution in [1.82, 2.24) is 0 Å². The molecule has 3 heteroatoms. The molecule has 0 saturated carbocycles. The highest BCUT2D eigenvalue weighted by molar-refractivity contribution is 5.80. The van der Waals surface area contributed by atoms with Crippen molar-refractivity contribution >= 4 is 5.78 Å². The van der Waals surface area contributed by atoms with Gasteiger partial charge in [0.2, 0.25) is 0 Å². The minimum Gasteiger partial charge on any atom is -0.486 e. The van der Waals surface area contributed by atoms with Gasteiger partial charge < -0.3 is 9.84 Å². The molecule has 0 fully saturated rings. The van der Waals surface area contributed by atoms with E-state index in [1.165, 1.54) is 0 Å². The number of aliphatic hydroxyl groups excluding tert-OH is 1. The van der Waals surface area contributed by atoms with Crippen molar-refractivity contribution < 1.29 is 14.6 Å². The van der Waals surface area contributed by atoms with E-state index in [9.17, 15) is 4.79 Å². The predicted molar refractivity (Wildman–Crippen MR) is 44.0 cm³/mol. The van der Waals surface area contributed by atoms with Crippen LogP contribution in [0.15, 0.2) is 30.3 Å². The highest BCUT2D eigenvalue weighted by Crippen LogP contribution is 2.07. The quantitative estimate of drug-likeness (QED) is 0.713. The van der Waals surface area contributed by atoms with Crippen LogP contribution in [0.3, 0.4) is 0 Å². The Labute approximate surface area is 70.6 Å². The maximum atomic E-state index is 10.6. The van der Waals surface area contributed by atoms with Gasteiger partial charge in [0.1, 0.15) is 19.0 Å². The number of Topliss-reactive ketones (excluding diaryl/α,β-unsaturated/α-hetero) is 1. The fourth-order valence-corrected chi connectivity index (χ4v) is 0.726. The minimum atomic E-state index is -0.465. The average molecular weight is 166 g/mol. The Morgan fingerprint density at radius 2 is 2.00 bits per heavy atom. The summed E-state index contributed by atoms with van der Waals surface area (Å²) in [6.45, 7) is -0.534. The third-order valence-electron chi connectivity index (χ3n) is 1.32. The van der Waals surface area contributed by atoms with Gasteiger partial charge in [-0.3, -0.25) is 4.79 Å². The van der Waals surface area contributed by atoms with Gasteiger partial charge in [-0.15, -0.1) is 0 Å². The normalized spacial score (nSPS) is 9.42. The third kappa shape index (κ3) is 2.72. The molecule has 1 N–H and O–H groups in total. The van der Waals surface area contributed by atoms with Crippen molar-refractivity contribution in [2.45, 2.75) is 0 Å². The van der Waals surface area contributed by atoms with Crippen LogP contribution in [-0.4, -0.2) is 24.1 Å². The summed E-state index contributed by atoms with van der Waals surface area (Å²) in [5, 5.41) is 8.38. The summed E-state index contributed by atoms with van der Waals surface area (Å²) in [5.74, 6) is 0.318. The molecular weight excluding hydrogens is 156 g/mol. The van der Waals surface area contributed by atoms with E-state index in [2.05, 4.69) is 0 Å². The topological polar surface area (TPSA) is 46.5 Å². The van der Waals surface area contributed by atoms with Crippen LogP contribution in [0.5, 0.6) is 5.75 Å². The third-order valence-corrected chi connectivity index (χ3v) is 1.32. The molecule has 3 nitrogen and oxygen atoms in total. The number of rotatable bonds is 4.